The lowest BCUT2D eigenvalue weighted by Gasteiger charge is -2.10. The Morgan fingerprint density at radius 2 is 1.94 bits per heavy atom. The van der Waals surface area contributed by atoms with Crippen molar-refractivity contribution in [1.82, 2.24) is 9.97 Å². The average Bonchev–Trinajstić information content (AvgIpc) is 3.47. The van der Waals surface area contributed by atoms with Crippen molar-refractivity contribution in [3.05, 3.63) is 73.7 Å². The van der Waals surface area contributed by atoms with E-state index in [-0.39, 0.29) is 28.8 Å². The van der Waals surface area contributed by atoms with Crippen molar-refractivity contribution >= 4 is 61.6 Å². The summed E-state index contributed by atoms with van der Waals surface area (Å²) in [4.78, 5) is 22.5. The lowest BCUT2D eigenvalue weighted by Crippen LogP contribution is -2.15. The maximum atomic E-state index is 13.9. The normalized spacial score (nSPS) is 11.3. The summed E-state index contributed by atoms with van der Waals surface area (Å²) in [5.41, 5.74) is 1.59. The number of ether oxygens (including phenoxy) is 1. The fourth-order valence-corrected chi connectivity index (χ4v) is 5.49. The molecule has 0 aliphatic rings. The van der Waals surface area contributed by atoms with Gasteiger partial charge in [-0.25, -0.2) is 22.8 Å². The number of carbonyl (C=O) groups excluding carboxylic acids is 1. The number of halogens is 2. The van der Waals surface area contributed by atoms with E-state index in [1.165, 1.54) is 53.9 Å². The molecule has 0 unspecified atom stereocenters. The van der Waals surface area contributed by atoms with E-state index in [1.54, 1.807) is 12.3 Å². The highest BCUT2D eigenvalue weighted by Gasteiger charge is 2.19. The number of rotatable bonds is 9. The topological polar surface area (TPSA) is 110 Å². The number of amides is 1. The Morgan fingerprint density at radius 1 is 1.17 bits per heavy atom. The molecule has 3 aromatic heterocycles. The number of thiazole rings is 1. The second-order valence-corrected chi connectivity index (χ2v) is 12.2. The molecule has 0 spiro atoms. The first kappa shape index (κ1) is 26.0. The molecule has 13 heteroatoms. The third-order valence-corrected chi connectivity index (χ3v) is 8.19. The molecular formula is C23H20ClFN4O4S3. The van der Waals surface area contributed by atoms with Crippen molar-refractivity contribution in [2.45, 2.75) is 20.5 Å². The molecule has 0 fully saturated rings. The van der Waals surface area contributed by atoms with Gasteiger partial charge in [0.05, 0.1) is 22.5 Å². The smallest absolute Gasteiger partial charge is 0.265 e. The van der Waals surface area contributed by atoms with Crippen LogP contribution in [0.2, 0.25) is 5.02 Å². The number of pyridine rings is 1. The van der Waals surface area contributed by atoms with Crippen LogP contribution in [0, 0.1) is 12.7 Å². The van der Waals surface area contributed by atoms with Gasteiger partial charge in [0.2, 0.25) is 10.0 Å². The third kappa shape index (κ3) is 6.38. The summed E-state index contributed by atoms with van der Waals surface area (Å²) in [7, 11) is -3.51. The minimum Gasteiger partial charge on any atom is -0.484 e. The van der Waals surface area contributed by atoms with Crippen molar-refractivity contribution in [1.29, 1.82) is 0 Å². The average molecular weight is 567 g/mol. The Morgan fingerprint density at radius 3 is 2.67 bits per heavy atom. The summed E-state index contributed by atoms with van der Waals surface area (Å²) in [6.07, 6.45) is 2.75. The highest BCUT2D eigenvalue weighted by molar-refractivity contribution is 7.92. The van der Waals surface area contributed by atoms with Gasteiger partial charge in [-0.1, -0.05) is 11.6 Å². The summed E-state index contributed by atoms with van der Waals surface area (Å²) in [5.74, 6) is -0.839. The number of nitrogens with zero attached hydrogens (tertiary/aromatic N) is 2. The van der Waals surface area contributed by atoms with E-state index in [2.05, 4.69) is 20.0 Å². The second kappa shape index (κ2) is 10.9. The van der Waals surface area contributed by atoms with E-state index < -0.39 is 21.7 Å². The molecule has 1 amide bonds. The fourth-order valence-electron chi connectivity index (χ4n) is 3.19. The van der Waals surface area contributed by atoms with E-state index >= 15 is 0 Å². The van der Waals surface area contributed by atoms with Gasteiger partial charge in [0, 0.05) is 38.8 Å². The summed E-state index contributed by atoms with van der Waals surface area (Å²) in [6.45, 7) is 3.49. The number of thiophene rings is 1. The minimum absolute atomic E-state index is 0.106. The molecule has 1 aromatic carbocycles. The second-order valence-electron chi connectivity index (χ2n) is 7.48. The van der Waals surface area contributed by atoms with Gasteiger partial charge in [-0.3, -0.25) is 9.52 Å². The Kier molecular flexibility index (Phi) is 7.88. The van der Waals surface area contributed by atoms with Gasteiger partial charge in [0.15, 0.2) is 0 Å². The minimum atomic E-state index is -3.51. The summed E-state index contributed by atoms with van der Waals surface area (Å²) < 4.78 is 45.9. The molecule has 4 aromatic rings. The van der Waals surface area contributed by atoms with Crippen LogP contribution in [0.15, 0.2) is 48.1 Å². The first-order valence-electron chi connectivity index (χ1n) is 10.5. The number of anilines is 2. The van der Waals surface area contributed by atoms with E-state index in [0.717, 1.165) is 16.1 Å². The molecule has 3 heterocycles. The van der Waals surface area contributed by atoms with Crippen LogP contribution in [0.5, 0.6) is 5.75 Å². The van der Waals surface area contributed by atoms with E-state index in [1.807, 2.05) is 12.3 Å². The maximum absolute atomic E-state index is 13.9. The Hall–Kier alpha value is -3.06. The fraction of sp³-hybridized carbons (Fsp3) is 0.174. The molecule has 36 heavy (non-hydrogen) atoms. The maximum Gasteiger partial charge on any atom is 0.265 e. The van der Waals surface area contributed by atoms with Crippen LogP contribution in [0.4, 0.5) is 15.8 Å². The molecule has 2 N–H and O–H groups in total. The molecule has 0 aliphatic carbocycles. The zero-order valence-corrected chi connectivity index (χ0v) is 22.2. The molecule has 8 nitrogen and oxygen atoms in total. The first-order valence-corrected chi connectivity index (χ1v) is 14.3. The molecule has 0 saturated heterocycles. The van der Waals surface area contributed by atoms with Crippen LogP contribution in [0.25, 0.3) is 11.3 Å². The van der Waals surface area contributed by atoms with Gasteiger partial charge in [-0.05, 0) is 38.1 Å². The number of carbonyl (C=O) groups is 1. The first-order chi connectivity index (χ1) is 17.1. The van der Waals surface area contributed by atoms with Crippen LogP contribution in [-0.2, 0) is 16.6 Å². The SMILES string of the molecule is CCS(=O)(=O)Nc1cc(Cl)cc(NC(=O)c2cc(-c3ncc(F)cc3OCc3nccs3)c(C)s2)c1. The Bertz CT molecular complexity index is 1510. The van der Waals surface area contributed by atoms with Gasteiger partial charge in [-0.2, -0.15) is 0 Å². The molecule has 4 rings (SSSR count). The molecule has 0 bridgehead atoms. The summed E-state index contributed by atoms with van der Waals surface area (Å²) in [6, 6.07) is 7.33. The highest BCUT2D eigenvalue weighted by Crippen LogP contribution is 2.36. The van der Waals surface area contributed by atoms with Crippen molar-refractivity contribution in [3.8, 4) is 17.0 Å². The highest BCUT2D eigenvalue weighted by atomic mass is 35.5. The van der Waals surface area contributed by atoms with E-state index in [4.69, 9.17) is 16.3 Å². The predicted octanol–water partition coefficient (Wildman–Crippen LogP) is 5.96. The molecular weight excluding hydrogens is 547 g/mol. The Labute approximate surface area is 220 Å². The number of hydrogen-bond acceptors (Lipinski definition) is 8. The molecule has 188 valence electrons. The number of aromatic nitrogens is 2. The molecule has 0 atom stereocenters. The molecule has 0 saturated carbocycles. The number of hydrogen-bond donors (Lipinski definition) is 2. The number of nitrogens with one attached hydrogen (secondary N) is 2. The number of sulfonamides is 1. The lowest BCUT2D eigenvalue weighted by molar-refractivity contribution is 0.103. The van der Waals surface area contributed by atoms with Crippen LogP contribution in [0.3, 0.4) is 0 Å². The van der Waals surface area contributed by atoms with Gasteiger partial charge in [0.1, 0.15) is 28.9 Å². The third-order valence-electron chi connectivity index (χ3n) is 4.86. The van der Waals surface area contributed by atoms with Crippen molar-refractivity contribution in [2.24, 2.45) is 0 Å². The number of benzene rings is 1. The molecule has 0 aliphatic heterocycles. The zero-order chi connectivity index (χ0) is 25.9. The lowest BCUT2D eigenvalue weighted by atomic mass is 10.1. The van der Waals surface area contributed by atoms with E-state index in [0.29, 0.717) is 21.8 Å². The van der Waals surface area contributed by atoms with Crippen molar-refractivity contribution < 1.29 is 22.3 Å². The standard InChI is InChI=1S/C23H20ClFN4O4S3/c1-3-36(31,32)29-17-7-14(24)6-16(9-17)28-23(30)20-10-18(13(2)35-20)22-19(8-15(25)11-27-22)33-12-21-26-4-5-34-21/h4-11,29H,3,12H2,1-2H3,(H,28,30). The van der Waals surface area contributed by atoms with Gasteiger partial charge in [-0.15, -0.1) is 22.7 Å². The largest absolute Gasteiger partial charge is 0.484 e. The van der Waals surface area contributed by atoms with Crippen molar-refractivity contribution in [2.75, 3.05) is 15.8 Å². The molecule has 0 radical (unpaired) electrons. The van der Waals surface area contributed by atoms with Crippen LogP contribution in [-0.4, -0.2) is 30.0 Å². The van der Waals surface area contributed by atoms with Gasteiger partial charge >= 0.3 is 0 Å². The zero-order valence-electron chi connectivity index (χ0n) is 19.0. The van der Waals surface area contributed by atoms with Gasteiger partial charge in [0.25, 0.3) is 5.91 Å². The van der Waals surface area contributed by atoms with E-state index in [9.17, 15) is 17.6 Å². The summed E-state index contributed by atoms with van der Waals surface area (Å²) >= 11 is 8.77. The van der Waals surface area contributed by atoms with Gasteiger partial charge < -0.3 is 10.1 Å². The monoisotopic (exact) mass is 566 g/mol. The van der Waals surface area contributed by atoms with Crippen LogP contribution < -0.4 is 14.8 Å². The quantitative estimate of drug-likeness (QED) is 0.259. The van der Waals surface area contributed by atoms with Crippen LogP contribution in [0.1, 0.15) is 26.5 Å². The predicted molar refractivity (Wildman–Crippen MR) is 141 cm³/mol. The number of aryl methyl sites for hydroxylation is 1. The van der Waals surface area contributed by atoms with Crippen molar-refractivity contribution in [3.63, 3.8) is 0 Å². The summed E-state index contributed by atoms with van der Waals surface area (Å²) in [5, 5.41) is 5.54. The Balaban J connectivity index is 1.57. The van der Waals surface area contributed by atoms with Crippen LogP contribution >= 0.6 is 34.3 Å².